The number of thioether (sulfide) groups is 1. The molecule has 0 amide bonds. The van der Waals surface area contributed by atoms with Crippen LogP contribution in [0.15, 0.2) is 64.7 Å². The highest BCUT2D eigenvalue weighted by Gasteiger charge is 2.14. The Morgan fingerprint density at radius 2 is 1.96 bits per heavy atom. The largest absolute Gasteiger partial charge is 0.302 e. The van der Waals surface area contributed by atoms with Crippen molar-refractivity contribution in [1.82, 2.24) is 24.1 Å². The lowest BCUT2D eigenvalue weighted by molar-refractivity contribution is 0.626. The molecule has 0 atom stereocenters. The van der Waals surface area contributed by atoms with Gasteiger partial charge >= 0.3 is 0 Å². The van der Waals surface area contributed by atoms with Crippen LogP contribution in [0.1, 0.15) is 24.6 Å². The van der Waals surface area contributed by atoms with Crippen molar-refractivity contribution < 1.29 is 0 Å². The first-order valence-corrected chi connectivity index (χ1v) is 10.2. The third-order valence-electron chi connectivity index (χ3n) is 4.41. The second kappa shape index (κ2) is 7.98. The minimum absolute atomic E-state index is 0.0725. The van der Waals surface area contributed by atoms with Gasteiger partial charge in [0, 0.05) is 30.1 Å². The molecule has 4 aromatic rings. The van der Waals surface area contributed by atoms with E-state index in [-0.39, 0.29) is 5.56 Å². The van der Waals surface area contributed by atoms with E-state index in [0.29, 0.717) is 11.4 Å². The number of nitrogens with zero attached hydrogens (tertiary/aromatic N) is 5. The van der Waals surface area contributed by atoms with Gasteiger partial charge < -0.3 is 4.57 Å². The highest BCUT2D eigenvalue weighted by atomic mass is 32.2. The van der Waals surface area contributed by atoms with Gasteiger partial charge in [0.25, 0.3) is 5.56 Å². The molecule has 6 nitrogen and oxygen atoms in total. The molecule has 28 heavy (non-hydrogen) atoms. The smallest absolute Gasteiger partial charge is 0.258 e. The number of rotatable bonds is 6. The molecule has 0 N–H and O–H groups in total. The molecule has 3 heterocycles. The lowest BCUT2D eigenvalue weighted by Gasteiger charge is -2.09. The van der Waals surface area contributed by atoms with E-state index in [1.807, 2.05) is 24.3 Å². The molecule has 0 spiro atoms. The number of pyridine rings is 1. The molecule has 0 unspecified atom stereocenters. The van der Waals surface area contributed by atoms with Gasteiger partial charge in [-0.05, 0) is 31.5 Å². The third-order valence-corrected chi connectivity index (χ3v) is 5.41. The van der Waals surface area contributed by atoms with Crippen molar-refractivity contribution in [1.29, 1.82) is 0 Å². The lowest BCUT2D eigenvalue weighted by atomic mass is 10.1. The number of aryl methyl sites for hydroxylation is 1. The summed E-state index contributed by atoms with van der Waals surface area (Å²) < 4.78 is 3.69. The summed E-state index contributed by atoms with van der Waals surface area (Å²) in [7, 11) is 0. The summed E-state index contributed by atoms with van der Waals surface area (Å²) in [5.74, 6) is 1.44. The number of aromatic nitrogens is 5. The maximum Gasteiger partial charge on any atom is 0.258 e. The molecule has 3 aromatic heterocycles. The average Bonchev–Trinajstić information content (AvgIpc) is 3.09. The monoisotopic (exact) mass is 391 g/mol. The molecular weight excluding hydrogens is 370 g/mol. The highest BCUT2D eigenvalue weighted by molar-refractivity contribution is 7.98. The van der Waals surface area contributed by atoms with E-state index in [0.717, 1.165) is 35.2 Å². The molecule has 1 aromatic carbocycles. The Balaban J connectivity index is 1.62. The van der Waals surface area contributed by atoms with Crippen molar-refractivity contribution in [2.24, 2.45) is 0 Å². The molecule has 0 aliphatic heterocycles. The highest BCUT2D eigenvalue weighted by Crippen LogP contribution is 2.26. The first-order chi connectivity index (χ1) is 13.7. The van der Waals surface area contributed by atoms with Crippen molar-refractivity contribution in [3.63, 3.8) is 0 Å². The molecule has 0 aliphatic rings. The molecule has 4 rings (SSSR count). The third kappa shape index (κ3) is 3.71. The molecule has 0 radical (unpaired) electrons. The molecule has 7 heteroatoms. The minimum Gasteiger partial charge on any atom is -0.302 e. The number of hydrogen-bond acceptors (Lipinski definition) is 5. The molecular formula is C21H21N5OS. The standard InChI is InChI=1S/C21H21N5OS/c1-3-10-26-20(16-8-6-7-15(2)12-16)23-24-21(26)28-14-17-13-19(27)25-11-5-4-9-18(25)22-17/h4-9,11-13H,3,10,14H2,1-2H3. The van der Waals surface area contributed by atoms with Gasteiger partial charge in [0.05, 0.1) is 5.69 Å². The molecule has 0 bridgehead atoms. The van der Waals surface area contributed by atoms with Gasteiger partial charge in [-0.1, -0.05) is 48.5 Å². The van der Waals surface area contributed by atoms with E-state index < -0.39 is 0 Å². The van der Waals surface area contributed by atoms with Crippen molar-refractivity contribution in [2.45, 2.75) is 37.7 Å². The predicted molar refractivity (Wildman–Crippen MR) is 112 cm³/mol. The Morgan fingerprint density at radius 1 is 1.07 bits per heavy atom. The molecule has 0 saturated heterocycles. The fraction of sp³-hybridized carbons (Fsp3) is 0.238. The van der Waals surface area contributed by atoms with Crippen LogP contribution in [0.5, 0.6) is 0 Å². The van der Waals surface area contributed by atoms with Crippen LogP contribution < -0.4 is 5.56 Å². The topological polar surface area (TPSA) is 65.1 Å². The Bertz CT molecular complexity index is 1180. The summed E-state index contributed by atoms with van der Waals surface area (Å²) in [5.41, 5.74) is 3.58. The second-order valence-corrected chi connectivity index (χ2v) is 7.57. The van der Waals surface area contributed by atoms with Gasteiger partial charge in [0.15, 0.2) is 11.0 Å². The van der Waals surface area contributed by atoms with Gasteiger partial charge in [0.1, 0.15) is 5.65 Å². The van der Waals surface area contributed by atoms with Gasteiger partial charge in [-0.25, -0.2) is 4.98 Å². The van der Waals surface area contributed by atoms with Crippen LogP contribution in [0.3, 0.4) is 0 Å². The molecule has 142 valence electrons. The zero-order valence-electron chi connectivity index (χ0n) is 15.9. The van der Waals surface area contributed by atoms with E-state index in [2.05, 4.69) is 51.8 Å². The average molecular weight is 392 g/mol. The van der Waals surface area contributed by atoms with E-state index >= 15 is 0 Å². The maximum atomic E-state index is 12.3. The fourth-order valence-electron chi connectivity index (χ4n) is 3.13. The molecule has 0 aliphatic carbocycles. The Morgan fingerprint density at radius 3 is 2.79 bits per heavy atom. The number of fused-ring (bicyclic) bond motifs is 1. The van der Waals surface area contributed by atoms with Crippen LogP contribution in [-0.2, 0) is 12.3 Å². The predicted octanol–water partition coefficient (Wildman–Crippen LogP) is 3.96. The van der Waals surface area contributed by atoms with Gasteiger partial charge in [-0.15, -0.1) is 10.2 Å². The van der Waals surface area contributed by atoms with Crippen LogP contribution in [0.2, 0.25) is 0 Å². The summed E-state index contributed by atoms with van der Waals surface area (Å²) in [4.78, 5) is 16.9. The first kappa shape index (κ1) is 18.4. The normalized spacial score (nSPS) is 11.2. The first-order valence-electron chi connectivity index (χ1n) is 9.26. The quantitative estimate of drug-likeness (QED) is 0.466. The zero-order valence-corrected chi connectivity index (χ0v) is 16.7. The minimum atomic E-state index is -0.0725. The van der Waals surface area contributed by atoms with Crippen molar-refractivity contribution in [3.8, 4) is 11.4 Å². The lowest BCUT2D eigenvalue weighted by Crippen LogP contribution is -2.14. The van der Waals surface area contributed by atoms with Crippen LogP contribution in [0.25, 0.3) is 17.0 Å². The van der Waals surface area contributed by atoms with E-state index in [1.165, 1.54) is 5.56 Å². The summed E-state index contributed by atoms with van der Waals surface area (Å²) in [6, 6.07) is 15.4. The summed E-state index contributed by atoms with van der Waals surface area (Å²) in [6.07, 6.45) is 2.72. The van der Waals surface area contributed by atoms with Gasteiger partial charge in [0.2, 0.25) is 0 Å². The Kier molecular flexibility index (Phi) is 5.25. The second-order valence-electron chi connectivity index (χ2n) is 6.63. The van der Waals surface area contributed by atoms with E-state index in [9.17, 15) is 4.79 Å². The Labute approximate surface area is 167 Å². The van der Waals surface area contributed by atoms with Crippen LogP contribution >= 0.6 is 11.8 Å². The van der Waals surface area contributed by atoms with Crippen molar-refractivity contribution >= 4 is 17.4 Å². The SMILES string of the molecule is CCCn1c(SCc2cc(=O)n3ccccc3n2)nnc1-c1cccc(C)c1. The van der Waals surface area contributed by atoms with Crippen molar-refractivity contribution in [3.05, 3.63) is 76.3 Å². The fourth-order valence-corrected chi connectivity index (χ4v) is 3.99. The number of benzene rings is 1. The van der Waals surface area contributed by atoms with Crippen LogP contribution in [0, 0.1) is 6.92 Å². The van der Waals surface area contributed by atoms with Gasteiger partial charge in [-0.2, -0.15) is 0 Å². The van der Waals surface area contributed by atoms with E-state index in [4.69, 9.17) is 0 Å². The maximum absolute atomic E-state index is 12.3. The molecule has 0 fully saturated rings. The van der Waals surface area contributed by atoms with Crippen LogP contribution in [-0.4, -0.2) is 24.1 Å². The van der Waals surface area contributed by atoms with Crippen molar-refractivity contribution in [2.75, 3.05) is 0 Å². The van der Waals surface area contributed by atoms with Gasteiger partial charge in [-0.3, -0.25) is 9.20 Å². The Hall–Kier alpha value is -2.93. The van der Waals surface area contributed by atoms with E-state index in [1.54, 1.807) is 28.4 Å². The van der Waals surface area contributed by atoms with Crippen LogP contribution in [0.4, 0.5) is 0 Å². The summed E-state index contributed by atoms with van der Waals surface area (Å²) in [5, 5.41) is 9.68. The zero-order chi connectivity index (χ0) is 19.5. The number of hydrogen-bond donors (Lipinski definition) is 0. The molecule has 0 saturated carbocycles. The summed E-state index contributed by atoms with van der Waals surface area (Å²) in [6.45, 7) is 5.05. The summed E-state index contributed by atoms with van der Waals surface area (Å²) >= 11 is 1.56.